The van der Waals surface area contributed by atoms with Gasteiger partial charge < -0.3 is 10.1 Å². The van der Waals surface area contributed by atoms with Gasteiger partial charge >= 0.3 is 0 Å². The molecule has 0 aromatic heterocycles. The highest BCUT2D eigenvalue weighted by Crippen LogP contribution is 2.54. The maximum absolute atomic E-state index is 12.5. The van der Waals surface area contributed by atoms with Crippen molar-refractivity contribution in [2.45, 2.75) is 12.0 Å². The minimum Gasteiger partial charge on any atom is -0.476 e. The highest BCUT2D eigenvalue weighted by atomic mass is 16.5. The second-order valence-electron chi connectivity index (χ2n) is 5.43. The smallest absolute Gasteiger partial charge is 0.269 e. The van der Waals surface area contributed by atoms with Gasteiger partial charge in [-0.3, -0.25) is 9.59 Å². The van der Waals surface area contributed by atoms with Crippen LogP contribution in [-0.2, 0) is 4.79 Å². The van der Waals surface area contributed by atoms with E-state index in [1.165, 1.54) is 0 Å². The summed E-state index contributed by atoms with van der Waals surface area (Å²) >= 11 is 0. The number of Topliss-reactive ketones (excluding diaryl/α,β-unsaturated/α-hetero) is 1. The first-order chi connectivity index (χ1) is 10.2. The average Bonchev–Trinajstić information content (AvgIpc) is 3.25. The number of ether oxygens (including phenoxy) is 1. The summed E-state index contributed by atoms with van der Waals surface area (Å²) in [6.45, 7) is 0. The summed E-state index contributed by atoms with van der Waals surface area (Å²) in [5, 5.41) is 2.83. The molecule has 4 nitrogen and oxygen atoms in total. The van der Waals surface area contributed by atoms with E-state index in [1.807, 2.05) is 30.3 Å². The number of anilines is 1. The van der Waals surface area contributed by atoms with Crippen LogP contribution >= 0.6 is 0 Å². The van der Waals surface area contributed by atoms with Gasteiger partial charge in [-0.05, 0) is 24.3 Å². The van der Waals surface area contributed by atoms with Gasteiger partial charge in [0.1, 0.15) is 5.75 Å². The predicted octanol–water partition coefficient (Wildman–Crippen LogP) is 2.66. The molecule has 0 spiro atoms. The highest BCUT2D eigenvalue weighted by Gasteiger charge is 2.68. The van der Waals surface area contributed by atoms with Crippen molar-refractivity contribution in [2.24, 2.45) is 5.92 Å². The van der Waals surface area contributed by atoms with Crippen LogP contribution in [0.5, 0.6) is 5.75 Å². The van der Waals surface area contributed by atoms with Crippen LogP contribution in [0.15, 0.2) is 54.6 Å². The van der Waals surface area contributed by atoms with E-state index in [4.69, 9.17) is 4.74 Å². The van der Waals surface area contributed by atoms with E-state index < -0.39 is 5.60 Å². The number of hydrogen-bond donors (Lipinski definition) is 1. The number of para-hydroxylation sites is 2. The molecule has 1 aliphatic carbocycles. The summed E-state index contributed by atoms with van der Waals surface area (Å²) in [5.41, 5.74) is 0.252. The van der Waals surface area contributed by atoms with Crippen LogP contribution in [0.2, 0.25) is 0 Å². The van der Waals surface area contributed by atoms with Crippen LogP contribution in [0.1, 0.15) is 16.8 Å². The van der Waals surface area contributed by atoms with Gasteiger partial charge in [0.2, 0.25) is 0 Å². The molecule has 1 saturated carbocycles. The number of rotatable bonds is 2. The first kappa shape index (κ1) is 12.1. The fourth-order valence-electron chi connectivity index (χ4n) is 2.86. The third-order valence-corrected chi connectivity index (χ3v) is 4.09. The molecule has 1 amide bonds. The van der Waals surface area contributed by atoms with Gasteiger partial charge in [-0.1, -0.05) is 30.3 Å². The van der Waals surface area contributed by atoms with Crippen LogP contribution in [0, 0.1) is 5.92 Å². The monoisotopic (exact) mass is 279 g/mol. The lowest BCUT2D eigenvalue weighted by molar-refractivity contribution is -0.125. The Morgan fingerprint density at radius 2 is 1.81 bits per heavy atom. The van der Waals surface area contributed by atoms with Crippen LogP contribution < -0.4 is 10.1 Å². The van der Waals surface area contributed by atoms with E-state index in [9.17, 15) is 9.59 Å². The van der Waals surface area contributed by atoms with Gasteiger partial charge in [0.25, 0.3) is 5.91 Å². The molecule has 0 radical (unpaired) electrons. The molecule has 1 heterocycles. The quantitative estimate of drug-likeness (QED) is 0.919. The molecule has 4 heteroatoms. The topological polar surface area (TPSA) is 55.4 Å². The van der Waals surface area contributed by atoms with E-state index in [1.54, 1.807) is 24.3 Å². The van der Waals surface area contributed by atoms with Crippen molar-refractivity contribution >= 4 is 17.4 Å². The number of nitrogens with one attached hydrogen (secondary N) is 1. The lowest BCUT2D eigenvalue weighted by Gasteiger charge is -2.24. The zero-order valence-electron chi connectivity index (χ0n) is 11.2. The standard InChI is InChI=1S/C17H13NO3/c19-15-12-8-4-5-9-14(12)21-17(10-13(15)17)16(20)18-11-6-2-1-3-7-11/h1-9,13H,10H2,(H,18,20)/t13-,17-/m1/s1. The van der Waals surface area contributed by atoms with Gasteiger partial charge in [0.05, 0.1) is 11.5 Å². The van der Waals surface area contributed by atoms with Crippen molar-refractivity contribution in [3.8, 4) is 5.75 Å². The number of benzene rings is 2. The third kappa shape index (κ3) is 1.76. The Morgan fingerprint density at radius 3 is 2.62 bits per heavy atom. The predicted molar refractivity (Wildman–Crippen MR) is 77.3 cm³/mol. The summed E-state index contributed by atoms with van der Waals surface area (Å²) in [7, 11) is 0. The van der Waals surface area contributed by atoms with Crippen molar-refractivity contribution in [3.05, 3.63) is 60.2 Å². The molecule has 2 aromatic carbocycles. The molecule has 2 atom stereocenters. The van der Waals surface area contributed by atoms with E-state index in [2.05, 4.69) is 5.32 Å². The Labute approximate surface area is 121 Å². The maximum atomic E-state index is 12.5. The van der Waals surface area contributed by atoms with Crippen LogP contribution in [0.25, 0.3) is 0 Å². The molecular formula is C17H13NO3. The van der Waals surface area contributed by atoms with Gasteiger partial charge in [0, 0.05) is 12.1 Å². The number of ketones is 1. The van der Waals surface area contributed by atoms with E-state index in [-0.39, 0.29) is 17.6 Å². The van der Waals surface area contributed by atoms with Gasteiger partial charge in [-0.2, -0.15) is 0 Å². The molecular weight excluding hydrogens is 266 g/mol. The number of carbonyl (C=O) groups excluding carboxylic acids is 2. The zero-order chi connectivity index (χ0) is 14.4. The second kappa shape index (κ2) is 4.19. The second-order valence-corrected chi connectivity index (χ2v) is 5.43. The Balaban J connectivity index is 1.63. The molecule has 21 heavy (non-hydrogen) atoms. The fourth-order valence-corrected chi connectivity index (χ4v) is 2.86. The summed E-state index contributed by atoms with van der Waals surface area (Å²) in [4.78, 5) is 24.9. The Bertz CT molecular complexity index is 741. The number of hydrogen-bond acceptors (Lipinski definition) is 3. The molecule has 1 fully saturated rings. The number of carbonyl (C=O) groups is 2. The molecule has 0 saturated heterocycles. The summed E-state index contributed by atoms with van der Waals surface area (Å²) in [6, 6.07) is 16.3. The molecule has 1 aliphatic heterocycles. The first-order valence-electron chi connectivity index (χ1n) is 6.89. The minimum atomic E-state index is -1.03. The Morgan fingerprint density at radius 1 is 1.10 bits per heavy atom. The van der Waals surface area contributed by atoms with Gasteiger partial charge in [-0.25, -0.2) is 0 Å². The van der Waals surface area contributed by atoms with Crippen molar-refractivity contribution in [1.29, 1.82) is 0 Å². The van der Waals surface area contributed by atoms with E-state index >= 15 is 0 Å². The number of fused-ring (bicyclic) bond motifs is 2. The van der Waals surface area contributed by atoms with Crippen molar-refractivity contribution in [3.63, 3.8) is 0 Å². The molecule has 2 aromatic rings. The first-order valence-corrected chi connectivity index (χ1v) is 6.89. The van der Waals surface area contributed by atoms with Gasteiger partial charge in [-0.15, -0.1) is 0 Å². The van der Waals surface area contributed by atoms with Gasteiger partial charge in [0.15, 0.2) is 11.4 Å². The molecule has 1 N–H and O–H groups in total. The lowest BCUT2D eigenvalue weighted by atomic mass is 10.0. The van der Waals surface area contributed by atoms with E-state index in [0.717, 1.165) is 0 Å². The van der Waals surface area contributed by atoms with Crippen molar-refractivity contribution in [2.75, 3.05) is 5.32 Å². The van der Waals surface area contributed by atoms with Crippen LogP contribution in [-0.4, -0.2) is 17.3 Å². The zero-order valence-corrected chi connectivity index (χ0v) is 11.2. The summed E-state index contributed by atoms with van der Waals surface area (Å²) in [5.74, 6) is -0.114. The SMILES string of the molecule is O=C1c2ccccc2O[C@]2(C(=O)Nc3ccccc3)C[C@H]12. The van der Waals surface area contributed by atoms with Crippen LogP contribution in [0.4, 0.5) is 5.69 Å². The average molecular weight is 279 g/mol. The highest BCUT2D eigenvalue weighted by molar-refractivity contribution is 6.13. The van der Waals surface area contributed by atoms with E-state index in [0.29, 0.717) is 23.4 Å². The lowest BCUT2D eigenvalue weighted by Crippen LogP contribution is -2.41. The summed E-state index contributed by atoms with van der Waals surface area (Å²) < 4.78 is 5.87. The fraction of sp³-hybridized carbons (Fsp3) is 0.176. The third-order valence-electron chi connectivity index (χ3n) is 4.09. The molecule has 104 valence electrons. The Hall–Kier alpha value is -2.62. The van der Waals surface area contributed by atoms with Crippen molar-refractivity contribution in [1.82, 2.24) is 0 Å². The Kier molecular flexibility index (Phi) is 2.42. The molecule has 2 aliphatic rings. The molecule has 4 rings (SSSR count). The maximum Gasteiger partial charge on any atom is 0.269 e. The number of amides is 1. The molecule has 0 bridgehead atoms. The summed E-state index contributed by atoms with van der Waals surface area (Å²) in [6.07, 6.45) is 0.444. The van der Waals surface area contributed by atoms with Crippen molar-refractivity contribution < 1.29 is 14.3 Å². The molecule has 0 unspecified atom stereocenters. The normalized spacial score (nSPS) is 25.3. The minimum absolute atomic E-state index is 0.0000571. The van der Waals surface area contributed by atoms with Crippen LogP contribution in [0.3, 0.4) is 0 Å². The largest absolute Gasteiger partial charge is 0.476 e.